The van der Waals surface area contributed by atoms with Gasteiger partial charge in [0.15, 0.2) is 0 Å². The van der Waals surface area contributed by atoms with Gasteiger partial charge in [0.2, 0.25) is 0 Å². The summed E-state index contributed by atoms with van der Waals surface area (Å²) < 4.78 is 0. The van der Waals surface area contributed by atoms with E-state index in [2.05, 4.69) is 5.54 Å². The van der Waals surface area contributed by atoms with Crippen LogP contribution in [0.2, 0.25) is 0 Å². The van der Waals surface area contributed by atoms with E-state index in [1.165, 1.54) is 19.3 Å². The van der Waals surface area contributed by atoms with Crippen LogP contribution in [0.3, 0.4) is 0 Å². The molecule has 10 heavy (non-hydrogen) atoms. The summed E-state index contributed by atoms with van der Waals surface area (Å²) in [6.45, 7) is 0. The molecule has 1 aliphatic carbocycles. The average molecular weight is 154 g/mol. The topological polar surface area (TPSA) is 20.2 Å². The molecule has 0 aliphatic heterocycles. The molecule has 0 amide bonds. The van der Waals surface area contributed by atoms with E-state index in [9.17, 15) is 5.11 Å². The lowest BCUT2D eigenvalue weighted by Gasteiger charge is -2.29. The van der Waals surface area contributed by atoms with Crippen molar-refractivity contribution in [1.29, 1.82) is 0 Å². The normalized spacial score (nSPS) is 24.8. The molecule has 1 saturated carbocycles. The van der Waals surface area contributed by atoms with Crippen LogP contribution in [0, 0.1) is 12.0 Å². The molecule has 0 aromatic carbocycles. The highest BCUT2D eigenvalue weighted by Gasteiger charge is 2.28. The van der Waals surface area contributed by atoms with E-state index >= 15 is 0 Å². The Balaban J connectivity index is 2.42. The van der Waals surface area contributed by atoms with E-state index in [0.29, 0.717) is 0 Å². The van der Waals surface area contributed by atoms with Crippen molar-refractivity contribution in [3.8, 4) is 12.0 Å². The Morgan fingerprint density at radius 1 is 1.30 bits per heavy atom. The van der Waals surface area contributed by atoms with Gasteiger partial charge in [-0.25, -0.2) is 0 Å². The van der Waals surface area contributed by atoms with Crippen LogP contribution in [-0.2, 0) is 0 Å². The first-order valence-corrected chi connectivity index (χ1v) is 5.34. The number of terminal acetylenes is 1. The summed E-state index contributed by atoms with van der Waals surface area (Å²) >= 11 is 0. The van der Waals surface area contributed by atoms with Crippen molar-refractivity contribution < 1.29 is 5.11 Å². The maximum Gasteiger partial charge on any atom is 0.142 e. The van der Waals surface area contributed by atoms with E-state index in [-0.39, 0.29) is 5.22 Å². The Bertz CT molecular complexity index is 142. The number of hydrogen-bond donors (Lipinski definition) is 1. The minimum Gasteiger partial charge on any atom is -0.393 e. The van der Waals surface area contributed by atoms with Crippen LogP contribution in [0.1, 0.15) is 32.1 Å². The molecule has 0 unspecified atom stereocenters. The van der Waals surface area contributed by atoms with E-state index in [4.69, 9.17) is 6.42 Å². The molecule has 1 aliphatic rings. The van der Waals surface area contributed by atoms with Crippen molar-refractivity contribution >= 4 is 9.52 Å². The van der Waals surface area contributed by atoms with Gasteiger partial charge in [-0.2, -0.15) is 0 Å². The summed E-state index contributed by atoms with van der Waals surface area (Å²) in [5, 5.41) is 9.42. The average Bonchev–Trinajstić information content (AvgIpc) is 1.89. The third kappa shape index (κ3) is 1.86. The quantitative estimate of drug-likeness (QED) is 0.428. The molecule has 1 nitrogen and oxygen atoms in total. The summed E-state index contributed by atoms with van der Waals surface area (Å²) in [4.78, 5) is 0. The van der Waals surface area contributed by atoms with Gasteiger partial charge >= 0.3 is 0 Å². The lowest BCUT2D eigenvalue weighted by atomic mass is 9.97. The maximum atomic E-state index is 9.79. The molecule has 0 radical (unpaired) electrons. The van der Waals surface area contributed by atoms with Crippen LogP contribution in [0.4, 0.5) is 0 Å². The molecule has 2 heteroatoms. The highest BCUT2D eigenvalue weighted by Crippen LogP contribution is 2.26. The first-order valence-electron chi connectivity index (χ1n) is 3.93. The molecule has 0 heterocycles. The van der Waals surface area contributed by atoms with Gasteiger partial charge in [0.25, 0.3) is 0 Å². The molecule has 0 aromatic heterocycles. The predicted molar refractivity (Wildman–Crippen MR) is 45.4 cm³/mol. The number of aliphatic hydroxyl groups is 1. The van der Waals surface area contributed by atoms with Gasteiger partial charge in [-0.05, 0) is 12.8 Å². The summed E-state index contributed by atoms with van der Waals surface area (Å²) in [6.07, 6.45) is 10.7. The third-order valence-corrected chi connectivity index (χ3v) is 3.78. The maximum absolute atomic E-state index is 9.79. The van der Waals surface area contributed by atoms with Crippen molar-refractivity contribution in [3.63, 3.8) is 0 Å². The molecule has 1 N–H and O–H groups in total. The van der Waals surface area contributed by atoms with Crippen molar-refractivity contribution in [1.82, 2.24) is 0 Å². The summed E-state index contributed by atoms with van der Waals surface area (Å²) in [6, 6.07) is 0. The Labute approximate surface area is 64.7 Å². The molecule has 0 bridgehead atoms. The summed E-state index contributed by atoms with van der Waals surface area (Å²) in [7, 11) is -0.637. The zero-order valence-electron chi connectivity index (χ0n) is 6.27. The van der Waals surface area contributed by atoms with Crippen LogP contribution in [-0.4, -0.2) is 19.9 Å². The molecular weight excluding hydrogens is 140 g/mol. The highest BCUT2D eigenvalue weighted by atomic mass is 28.2. The van der Waals surface area contributed by atoms with Crippen LogP contribution >= 0.6 is 0 Å². The largest absolute Gasteiger partial charge is 0.393 e. The summed E-state index contributed by atoms with van der Waals surface area (Å²) in [5.41, 5.74) is 2.67. The van der Waals surface area contributed by atoms with E-state index in [1.54, 1.807) is 0 Å². The Kier molecular flexibility index (Phi) is 2.53. The Hall–Kier alpha value is -0.263. The number of hydrogen-bond acceptors (Lipinski definition) is 1. The SMILES string of the molecule is C#C[SiH2]C1(O)CCCCC1. The fourth-order valence-electron chi connectivity index (χ4n) is 1.58. The van der Waals surface area contributed by atoms with Gasteiger partial charge in [-0.3, -0.25) is 0 Å². The van der Waals surface area contributed by atoms with Crippen LogP contribution in [0.15, 0.2) is 0 Å². The second-order valence-electron chi connectivity index (χ2n) is 3.17. The van der Waals surface area contributed by atoms with Crippen LogP contribution < -0.4 is 0 Å². The fraction of sp³-hybridized carbons (Fsp3) is 0.750. The van der Waals surface area contributed by atoms with Gasteiger partial charge in [0, 0.05) is 0 Å². The standard InChI is InChI=1S/C8H14OSi/c1-2-10-8(9)6-4-3-5-7-8/h1,9H,3-7,10H2. The Morgan fingerprint density at radius 3 is 2.40 bits per heavy atom. The number of rotatable bonds is 1. The fourth-order valence-corrected chi connectivity index (χ4v) is 2.81. The van der Waals surface area contributed by atoms with Crippen molar-refractivity contribution in [2.75, 3.05) is 0 Å². The minimum absolute atomic E-state index is 0.368. The van der Waals surface area contributed by atoms with Gasteiger partial charge in [0.1, 0.15) is 9.52 Å². The predicted octanol–water partition coefficient (Wildman–Crippen LogP) is 0.399. The van der Waals surface area contributed by atoms with Gasteiger partial charge in [-0.15, -0.1) is 12.0 Å². The molecule has 56 valence electrons. The van der Waals surface area contributed by atoms with Crippen LogP contribution in [0.5, 0.6) is 0 Å². The molecule has 1 rings (SSSR count). The monoisotopic (exact) mass is 154 g/mol. The van der Waals surface area contributed by atoms with Crippen molar-refractivity contribution in [2.24, 2.45) is 0 Å². The lowest BCUT2D eigenvalue weighted by molar-refractivity contribution is 0.0834. The minimum atomic E-state index is -0.637. The van der Waals surface area contributed by atoms with E-state index in [1.807, 2.05) is 0 Å². The van der Waals surface area contributed by atoms with Gasteiger partial charge in [0.05, 0.1) is 5.22 Å². The van der Waals surface area contributed by atoms with Gasteiger partial charge < -0.3 is 5.11 Å². The molecule has 0 aromatic rings. The zero-order chi connectivity index (χ0) is 7.45. The van der Waals surface area contributed by atoms with Crippen molar-refractivity contribution in [3.05, 3.63) is 0 Å². The first-order chi connectivity index (χ1) is 4.77. The molecule has 0 spiro atoms. The molecular formula is C8H14OSi. The highest BCUT2D eigenvalue weighted by molar-refractivity contribution is 6.49. The van der Waals surface area contributed by atoms with Crippen LogP contribution in [0.25, 0.3) is 0 Å². The molecule has 0 saturated heterocycles. The van der Waals surface area contributed by atoms with Gasteiger partial charge in [-0.1, -0.05) is 19.3 Å². The van der Waals surface area contributed by atoms with E-state index < -0.39 is 9.52 Å². The molecule has 1 fully saturated rings. The Morgan fingerprint density at radius 2 is 1.90 bits per heavy atom. The summed E-state index contributed by atoms with van der Waals surface area (Å²) in [5.74, 6) is 0. The zero-order valence-corrected chi connectivity index (χ0v) is 7.68. The van der Waals surface area contributed by atoms with Crippen molar-refractivity contribution in [2.45, 2.75) is 37.3 Å². The second kappa shape index (κ2) is 3.22. The second-order valence-corrected chi connectivity index (χ2v) is 5.24. The first kappa shape index (κ1) is 7.84. The smallest absolute Gasteiger partial charge is 0.142 e. The lowest BCUT2D eigenvalue weighted by Crippen LogP contribution is -2.37. The van der Waals surface area contributed by atoms with E-state index in [0.717, 1.165) is 12.8 Å². The third-order valence-electron chi connectivity index (χ3n) is 2.22. The molecule has 0 atom stereocenters.